The lowest BCUT2D eigenvalue weighted by molar-refractivity contribution is -0.136. The van der Waals surface area contributed by atoms with E-state index in [1.807, 2.05) is 36.4 Å². The number of benzene rings is 3. The van der Waals surface area contributed by atoms with Crippen molar-refractivity contribution in [2.75, 3.05) is 7.11 Å². The maximum Gasteiger partial charge on any atom is 0.303 e. The standard InChI is InChI=1S/C27H30O4/c1-27(2,3)25-16-20(11-13-24(25)21-8-6-9-22(17-21)30-4)18-31-23-10-5-7-19(15-23)12-14-26(28)29/h5-11,13,15-17H,12,14,18H2,1-4H3,(H,28,29). The molecule has 4 heteroatoms. The van der Waals surface area contributed by atoms with E-state index >= 15 is 0 Å². The van der Waals surface area contributed by atoms with Crippen LogP contribution in [0.15, 0.2) is 66.7 Å². The Bertz CT molecular complexity index is 1050. The first-order valence-electron chi connectivity index (χ1n) is 10.5. The highest BCUT2D eigenvalue weighted by atomic mass is 16.5. The summed E-state index contributed by atoms with van der Waals surface area (Å²) in [7, 11) is 1.68. The summed E-state index contributed by atoms with van der Waals surface area (Å²) in [5.41, 5.74) is 5.58. The topological polar surface area (TPSA) is 55.8 Å². The van der Waals surface area contributed by atoms with Crippen molar-refractivity contribution in [3.05, 3.63) is 83.4 Å². The van der Waals surface area contributed by atoms with Gasteiger partial charge in [-0.15, -0.1) is 0 Å². The zero-order valence-corrected chi connectivity index (χ0v) is 18.6. The minimum Gasteiger partial charge on any atom is -0.497 e. The molecule has 0 radical (unpaired) electrons. The third-order valence-electron chi connectivity index (χ3n) is 5.20. The average Bonchev–Trinajstić information content (AvgIpc) is 2.76. The monoisotopic (exact) mass is 418 g/mol. The average molecular weight is 419 g/mol. The quantitative estimate of drug-likeness (QED) is 0.469. The van der Waals surface area contributed by atoms with Crippen molar-refractivity contribution in [1.29, 1.82) is 0 Å². The Morgan fingerprint density at radius 1 is 0.903 bits per heavy atom. The van der Waals surface area contributed by atoms with Gasteiger partial charge in [0.2, 0.25) is 0 Å². The van der Waals surface area contributed by atoms with Crippen LogP contribution in [0.4, 0.5) is 0 Å². The van der Waals surface area contributed by atoms with Crippen LogP contribution < -0.4 is 9.47 Å². The van der Waals surface area contributed by atoms with Gasteiger partial charge in [0.25, 0.3) is 0 Å². The van der Waals surface area contributed by atoms with E-state index in [-0.39, 0.29) is 11.8 Å². The van der Waals surface area contributed by atoms with Gasteiger partial charge in [0.05, 0.1) is 7.11 Å². The van der Waals surface area contributed by atoms with Crippen LogP contribution in [0, 0.1) is 0 Å². The molecule has 0 bridgehead atoms. The van der Waals surface area contributed by atoms with Crippen molar-refractivity contribution in [1.82, 2.24) is 0 Å². The van der Waals surface area contributed by atoms with Crippen LogP contribution in [0.3, 0.4) is 0 Å². The van der Waals surface area contributed by atoms with Gasteiger partial charge in [-0.05, 0) is 63.9 Å². The summed E-state index contributed by atoms with van der Waals surface area (Å²) in [6, 6.07) is 22.2. The molecular formula is C27H30O4. The predicted molar refractivity (Wildman–Crippen MR) is 124 cm³/mol. The molecule has 0 atom stereocenters. The summed E-state index contributed by atoms with van der Waals surface area (Å²) >= 11 is 0. The van der Waals surface area contributed by atoms with Gasteiger partial charge < -0.3 is 14.6 Å². The van der Waals surface area contributed by atoms with Gasteiger partial charge >= 0.3 is 5.97 Å². The Kier molecular flexibility index (Phi) is 7.01. The van der Waals surface area contributed by atoms with Crippen molar-refractivity contribution in [3.8, 4) is 22.6 Å². The highest BCUT2D eigenvalue weighted by Gasteiger charge is 2.20. The number of carbonyl (C=O) groups is 1. The van der Waals surface area contributed by atoms with Gasteiger partial charge in [-0.1, -0.05) is 63.2 Å². The first-order valence-corrected chi connectivity index (χ1v) is 10.5. The van der Waals surface area contributed by atoms with Gasteiger partial charge in [-0.2, -0.15) is 0 Å². The fourth-order valence-electron chi connectivity index (χ4n) is 3.55. The molecule has 0 aliphatic rings. The van der Waals surface area contributed by atoms with E-state index in [2.05, 4.69) is 51.1 Å². The van der Waals surface area contributed by atoms with Crippen molar-refractivity contribution in [3.63, 3.8) is 0 Å². The van der Waals surface area contributed by atoms with E-state index in [1.165, 1.54) is 11.1 Å². The normalized spacial score (nSPS) is 11.2. The van der Waals surface area contributed by atoms with E-state index in [1.54, 1.807) is 7.11 Å². The molecule has 0 spiro atoms. The van der Waals surface area contributed by atoms with Crippen LogP contribution in [0.2, 0.25) is 0 Å². The van der Waals surface area contributed by atoms with Crippen molar-refractivity contribution in [2.45, 2.75) is 45.6 Å². The van der Waals surface area contributed by atoms with E-state index in [0.717, 1.165) is 28.2 Å². The van der Waals surface area contributed by atoms with E-state index in [0.29, 0.717) is 13.0 Å². The maximum absolute atomic E-state index is 10.8. The predicted octanol–water partition coefficient (Wildman–Crippen LogP) is 6.26. The number of methoxy groups -OCH3 is 1. The van der Waals surface area contributed by atoms with Crippen LogP contribution in [0.5, 0.6) is 11.5 Å². The molecule has 0 amide bonds. The third kappa shape index (κ3) is 6.11. The van der Waals surface area contributed by atoms with Gasteiger partial charge in [0.1, 0.15) is 18.1 Å². The Labute approximate surface area is 184 Å². The number of aliphatic carboxylic acids is 1. The molecule has 0 aliphatic carbocycles. The summed E-state index contributed by atoms with van der Waals surface area (Å²) < 4.78 is 11.4. The molecule has 1 N–H and O–H groups in total. The number of carboxylic acid groups (broad SMARTS) is 1. The second kappa shape index (κ2) is 9.69. The van der Waals surface area contributed by atoms with Crippen molar-refractivity contribution < 1.29 is 19.4 Å². The van der Waals surface area contributed by atoms with E-state index < -0.39 is 5.97 Å². The third-order valence-corrected chi connectivity index (χ3v) is 5.20. The van der Waals surface area contributed by atoms with Gasteiger partial charge in [-0.25, -0.2) is 0 Å². The highest BCUT2D eigenvalue weighted by Crippen LogP contribution is 2.35. The lowest BCUT2D eigenvalue weighted by Crippen LogP contribution is -2.13. The molecule has 0 aliphatic heterocycles. The molecule has 0 saturated heterocycles. The van der Waals surface area contributed by atoms with E-state index in [9.17, 15) is 4.79 Å². The van der Waals surface area contributed by atoms with Crippen molar-refractivity contribution in [2.24, 2.45) is 0 Å². The number of hydrogen-bond acceptors (Lipinski definition) is 3. The molecule has 31 heavy (non-hydrogen) atoms. The second-order valence-corrected chi connectivity index (χ2v) is 8.69. The molecule has 0 aromatic heterocycles. The maximum atomic E-state index is 10.8. The summed E-state index contributed by atoms with van der Waals surface area (Å²) in [6.45, 7) is 7.08. The number of aryl methyl sites for hydroxylation is 1. The highest BCUT2D eigenvalue weighted by molar-refractivity contribution is 5.70. The Balaban J connectivity index is 1.82. The summed E-state index contributed by atoms with van der Waals surface area (Å²) in [5.74, 6) is 0.793. The van der Waals surface area contributed by atoms with Crippen LogP contribution >= 0.6 is 0 Å². The first-order chi connectivity index (χ1) is 14.8. The Hall–Kier alpha value is -3.27. The summed E-state index contributed by atoms with van der Waals surface area (Å²) in [5, 5.41) is 8.88. The zero-order chi connectivity index (χ0) is 22.4. The SMILES string of the molecule is COc1cccc(-c2ccc(COc3cccc(CCC(=O)O)c3)cc2C(C)(C)C)c1. The first kappa shape index (κ1) is 22.4. The fraction of sp³-hybridized carbons (Fsp3) is 0.296. The zero-order valence-electron chi connectivity index (χ0n) is 18.6. The van der Waals surface area contributed by atoms with Gasteiger partial charge in [-0.3, -0.25) is 4.79 Å². The van der Waals surface area contributed by atoms with Gasteiger partial charge in [0.15, 0.2) is 0 Å². The number of ether oxygens (including phenoxy) is 2. The summed E-state index contributed by atoms with van der Waals surface area (Å²) in [4.78, 5) is 10.8. The largest absolute Gasteiger partial charge is 0.497 e. The molecule has 162 valence electrons. The fourth-order valence-corrected chi connectivity index (χ4v) is 3.55. The summed E-state index contributed by atoms with van der Waals surface area (Å²) in [6.07, 6.45) is 0.611. The lowest BCUT2D eigenvalue weighted by Gasteiger charge is -2.24. The van der Waals surface area contributed by atoms with Crippen LogP contribution in [-0.4, -0.2) is 18.2 Å². The van der Waals surface area contributed by atoms with Crippen molar-refractivity contribution >= 4 is 5.97 Å². The number of hydrogen-bond donors (Lipinski definition) is 1. The molecular weight excluding hydrogens is 388 g/mol. The smallest absolute Gasteiger partial charge is 0.303 e. The Morgan fingerprint density at radius 2 is 1.65 bits per heavy atom. The number of carboxylic acids is 1. The van der Waals surface area contributed by atoms with Crippen LogP contribution in [0.25, 0.3) is 11.1 Å². The molecule has 0 heterocycles. The Morgan fingerprint density at radius 3 is 2.35 bits per heavy atom. The molecule has 3 aromatic rings. The molecule has 0 fully saturated rings. The second-order valence-electron chi connectivity index (χ2n) is 8.69. The van der Waals surface area contributed by atoms with E-state index in [4.69, 9.17) is 14.6 Å². The van der Waals surface area contributed by atoms with Gasteiger partial charge in [0, 0.05) is 6.42 Å². The molecule has 3 rings (SSSR count). The minimum absolute atomic E-state index is 0.0365. The molecule has 3 aromatic carbocycles. The number of rotatable bonds is 8. The lowest BCUT2D eigenvalue weighted by atomic mass is 9.81. The molecule has 0 unspecified atom stereocenters. The molecule has 4 nitrogen and oxygen atoms in total. The molecule has 0 saturated carbocycles. The van der Waals surface area contributed by atoms with Crippen LogP contribution in [-0.2, 0) is 23.2 Å². The minimum atomic E-state index is -0.794. The van der Waals surface area contributed by atoms with Crippen LogP contribution in [0.1, 0.15) is 43.9 Å².